The van der Waals surface area contributed by atoms with Gasteiger partial charge in [0.15, 0.2) is 22.6 Å². The summed E-state index contributed by atoms with van der Waals surface area (Å²) >= 11 is 31.2. The van der Waals surface area contributed by atoms with Crippen LogP contribution in [0.1, 0.15) is 12.8 Å². The van der Waals surface area contributed by atoms with Crippen LogP contribution < -0.4 is 4.74 Å². The van der Waals surface area contributed by atoms with E-state index in [1.54, 1.807) is 52.8 Å². The molecule has 18 heteroatoms. The van der Waals surface area contributed by atoms with Crippen LogP contribution in [-0.4, -0.2) is 58.7 Å². The van der Waals surface area contributed by atoms with Crippen LogP contribution in [0, 0.1) is 13.8 Å². The average Bonchev–Trinajstić information content (AvgIpc) is 3.69. The number of nitrogens with zero attached hydrogens (tertiary/aromatic N) is 8. The van der Waals surface area contributed by atoms with Gasteiger partial charge in [0, 0.05) is 47.8 Å². The number of aryl methyl sites for hydroxylation is 2. The van der Waals surface area contributed by atoms with Crippen molar-refractivity contribution in [3.05, 3.63) is 107 Å². The summed E-state index contributed by atoms with van der Waals surface area (Å²) < 4.78 is 15.2. The van der Waals surface area contributed by atoms with E-state index >= 15 is 0 Å². The fourth-order valence-corrected chi connectivity index (χ4v) is 5.57. The van der Waals surface area contributed by atoms with Gasteiger partial charge in [0.05, 0.1) is 20.9 Å². The van der Waals surface area contributed by atoms with Crippen LogP contribution in [0.2, 0.25) is 10.3 Å². The molecule has 10 nitrogen and oxygen atoms in total. The Bertz CT molecular complexity index is 2500. The van der Waals surface area contributed by atoms with E-state index in [1.807, 2.05) is 108 Å². The molecular formula is C34H26BCl5I2N8O2. The summed E-state index contributed by atoms with van der Waals surface area (Å²) in [6, 6.07) is 22.3. The first-order valence-corrected chi connectivity index (χ1v) is 19.5. The van der Waals surface area contributed by atoms with Crippen molar-refractivity contribution in [1.82, 2.24) is 39.2 Å². The van der Waals surface area contributed by atoms with Gasteiger partial charge >= 0.3 is 4.96 Å². The van der Waals surface area contributed by atoms with Crippen molar-refractivity contribution in [1.29, 1.82) is 0 Å². The van der Waals surface area contributed by atoms with Crippen LogP contribution >= 0.6 is 103 Å². The Hall–Kier alpha value is -2.93. The standard InChI is InChI=1S/C17H13ClN4O.C16H11ClN4O.CH2I2.BCl3/c1-10-7-15-19-9-12-8-14(11-3-5-13(23-2)6-4-11)16(18)20-17(12)22(15)21-10;1-9-6-14-18-8-11-7-13(10-2-4-12(22)5-3-10)15(17)19-16(11)21(14)20-9;2-1-3;2-1(3)4/h3-9H,1-2H3;2-8,22H,1H3;1H2;/i;;1D;. The summed E-state index contributed by atoms with van der Waals surface area (Å²) in [6.07, 6.45) is 3.56. The lowest BCUT2D eigenvalue weighted by atomic mass is 10.1. The highest BCUT2D eigenvalue weighted by Crippen LogP contribution is 2.32. The van der Waals surface area contributed by atoms with Crippen molar-refractivity contribution in [2.45, 2.75) is 13.8 Å². The molecule has 52 heavy (non-hydrogen) atoms. The third-order valence-corrected chi connectivity index (χ3v) is 7.82. The minimum Gasteiger partial charge on any atom is -0.508 e. The van der Waals surface area contributed by atoms with Gasteiger partial charge in [0.1, 0.15) is 21.8 Å². The minimum atomic E-state index is -0.750. The molecule has 0 fully saturated rings. The number of rotatable bonds is 3. The van der Waals surface area contributed by atoms with Gasteiger partial charge in [0.2, 0.25) is 0 Å². The number of halogens is 7. The van der Waals surface area contributed by atoms with E-state index in [2.05, 4.69) is 30.1 Å². The second-order valence-electron chi connectivity index (χ2n) is 10.7. The summed E-state index contributed by atoms with van der Waals surface area (Å²) in [4.78, 5) is 17.1. The molecule has 266 valence electrons. The fraction of sp³-hybridized carbons (Fsp3) is 0.118. The number of pyridine rings is 2. The van der Waals surface area contributed by atoms with Crippen LogP contribution in [-0.2, 0) is 0 Å². The molecule has 0 atom stereocenters. The number of aromatic nitrogens is 8. The van der Waals surface area contributed by atoms with Crippen LogP contribution in [0.5, 0.6) is 11.5 Å². The first kappa shape index (κ1) is 38.8. The molecule has 0 unspecified atom stereocenters. The molecule has 6 heterocycles. The molecule has 0 spiro atoms. The maximum atomic E-state index is 9.40. The largest absolute Gasteiger partial charge is 0.508 e. The fourth-order valence-electron chi connectivity index (χ4n) is 5.08. The normalized spacial score (nSPS) is 11.0. The SMILES string of the molecule is COc1ccc(-c2cc3cnc4cc(C)nn4c3nc2Cl)cc1.Cc1cc2ncc3cc(-c4ccc(O)cc4)c(Cl)nc3n2n1.ClB(Cl)Cl.[2H]C(I)I. The second kappa shape index (κ2) is 18.4. The van der Waals surface area contributed by atoms with Crippen LogP contribution in [0.4, 0.5) is 0 Å². The highest BCUT2D eigenvalue weighted by Gasteiger charge is 2.13. The lowest BCUT2D eigenvalue weighted by Crippen LogP contribution is -1.97. The molecule has 6 aromatic heterocycles. The molecular weight excluding hydrogens is 994 g/mol. The van der Waals surface area contributed by atoms with E-state index in [1.165, 1.54) is 0 Å². The van der Waals surface area contributed by atoms with Crippen molar-refractivity contribution in [2.75, 3.05) is 9.52 Å². The van der Waals surface area contributed by atoms with Crippen LogP contribution in [0.3, 0.4) is 0 Å². The Morgan fingerprint density at radius 2 is 1.12 bits per heavy atom. The number of benzene rings is 2. The predicted octanol–water partition coefficient (Wildman–Crippen LogP) is 11.0. The molecule has 2 aromatic carbocycles. The summed E-state index contributed by atoms with van der Waals surface area (Å²) in [6.45, 7) is 3.83. The molecule has 0 bridgehead atoms. The maximum absolute atomic E-state index is 9.40. The molecule has 0 aliphatic heterocycles. The van der Waals surface area contributed by atoms with Gasteiger partial charge in [-0.3, -0.25) is 0 Å². The Morgan fingerprint density at radius 1 is 0.731 bits per heavy atom. The zero-order valence-corrected chi connectivity index (χ0v) is 35.4. The van der Waals surface area contributed by atoms with Gasteiger partial charge < -0.3 is 9.84 Å². The monoisotopic (exact) mass is 1020 g/mol. The van der Waals surface area contributed by atoms with E-state index < -0.39 is 4.96 Å². The number of hydrogen-bond donors (Lipinski definition) is 1. The number of alkyl halides is 2. The van der Waals surface area contributed by atoms with E-state index in [4.69, 9.17) is 63.7 Å². The molecule has 0 amide bonds. The summed E-state index contributed by atoms with van der Waals surface area (Å²) in [5.41, 5.74) is 8.14. The second-order valence-corrected chi connectivity index (χ2v) is 17.0. The Morgan fingerprint density at radius 3 is 1.50 bits per heavy atom. The number of ether oxygens (including phenoxy) is 1. The van der Waals surface area contributed by atoms with Gasteiger partial charge in [-0.05, 0) is 61.4 Å². The zero-order chi connectivity index (χ0) is 38.4. The molecule has 0 saturated heterocycles. The van der Waals surface area contributed by atoms with Crippen molar-refractivity contribution >= 4 is 141 Å². The van der Waals surface area contributed by atoms with Crippen molar-refractivity contribution in [2.24, 2.45) is 0 Å². The van der Waals surface area contributed by atoms with Crippen molar-refractivity contribution in [3.63, 3.8) is 0 Å². The van der Waals surface area contributed by atoms with Crippen molar-refractivity contribution < 1.29 is 11.2 Å². The zero-order valence-electron chi connectivity index (χ0n) is 28.3. The number of aromatic hydroxyl groups is 1. The number of hydrogen-bond acceptors (Lipinski definition) is 8. The maximum Gasteiger partial charge on any atom is 0.450 e. The minimum absolute atomic E-state index is 0.0233. The molecule has 1 N–H and O–H groups in total. The molecule has 0 aliphatic carbocycles. The number of phenolic OH excluding ortho intramolecular Hbond substituents is 1. The highest BCUT2D eigenvalue weighted by atomic mass is 127. The van der Waals surface area contributed by atoms with Crippen LogP contribution in [0.25, 0.3) is 55.6 Å². The van der Waals surface area contributed by atoms with E-state index in [9.17, 15) is 5.11 Å². The Balaban J connectivity index is 0.000000171. The first-order valence-electron chi connectivity index (χ1n) is 15.5. The molecule has 0 saturated carbocycles. The summed E-state index contributed by atoms with van der Waals surface area (Å²) in [7, 11) is 1.64. The van der Waals surface area contributed by atoms with Gasteiger partial charge in [-0.15, -0.1) is 0 Å². The lowest BCUT2D eigenvalue weighted by Gasteiger charge is -2.08. The highest BCUT2D eigenvalue weighted by molar-refractivity contribution is 14.2. The van der Waals surface area contributed by atoms with Gasteiger partial charge in [0.25, 0.3) is 0 Å². The lowest BCUT2D eigenvalue weighted by molar-refractivity contribution is 0.415. The smallest absolute Gasteiger partial charge is 0.450 e. The third kappa shape index (κ3) is 9.78. The molecule has 8 aromatic rings. The summed E-state index contributed by atoms with van der Waals surface area (Å²) in [5, 5.41) is 20.8. The Labute approximate surface area is 352 Å². The van der Waals surface area contributed by atoms with E-state index in [-0.39, 0.29) is 8.16 Å². The van der Waals surface area contributed by atoms with Gasteiger partial charge in [-0.1, -0.05) is 92.6 Å². The van der Waals surface area contributed by atoms with Crippen molar-refractivity contribution in [3.8, 4) is 33.8 Å². The topological polar surface area (TPSA) is 116 Å². The number of fused-ring (bicyclic) bond motifs is 6. The predicted molar refractivity (Wildman–Crippen MR) is 231 cm³/mol. The van der Waals surface area contributed by atoms with Gasteiger partial charge in [-0.2, -0.15) is 53.6 Å². The molecule has 8 rings (SSSR count). The van der Waals surface area contributed by atoms with E-state index in [0.29, 0.717) is 21.6 Å². The Kier molecular flexibility index (Phi) is 13.7. The van der Waals surface area contributed by atoms with E-state index in [0.717, 1.165) is 61.5 Å². The number of methoxy groups -OCH3 is 1. The van der Waals surface area contributed by atoms with Crippen LogP contribution in [0.15, 0.2) is 85.2 Å². The molecule has 0 radical (unpaired) electrons. The summed E-state index contributed by atoms with van der Waals surface area (Å²) in [5.74, 6) is 1.01. The van der Waals surface area contributed by atoms with Gasteiger partial charge in [-0.25, -0.2) is 19.9 Å². The first-order chi connectivity index (χ1) is 25.2. The third-order valence-electron chi connectivity index (χ3n) is 7.25. The molecule has 0 aliphatic rings. The quantitative estimate of drug-likeness (QED) is 0.0805. The number of phenols is 1. The average molecular weight is 1020 g/mol.